The van der Waals surface area contributed by atoms with Crippen LogP contribution < -0.4 is 10.9 Å². The maximum atomic E-state index is 12.6. The molecule has 1 fully saturated rings. The first-order valence-corrected chi connectivity index (χ1v) is 10.0. The Hall–Kier alpha value is -3.72. The van der Waals surface area contributed by atoms with E-state index in [1.54, 1.807) is 11.0 Å². The molecule has 2 heterocycles. The van der Waals surface area contributed by atoms with Crippen LogP contribution in [-0.4, -0.2) is 59.9 Å². The third-order valence-corrected chi connectivity index (χ3v) is 5.38. The lowest BCUT2D eigenvalue weighted by Gasteiger charge is -2.34. The number of rotatable bonds is 6. The molecule has 1 amide bonds. The third kappa shape index (κ3) is 4.72. The van der Waals surface area contributed by atoms with Crippen molar-refractivity contribution in [3.05, 3.63) is 80.7 Å². The average molecular weight is 422 g/mol. The van der Waals surface area contributed by atoms with Gasteiger partial charge in [-0.15, -0.1) is 0 Å². The quantitative estimate of drug-likeness (QED) is 0.369. The highest BCUT2D eigenvalue weighted by molar-refractivity contribution is 5.94. The normalized spacial score (nSPS) is 14.5. The smallest absolute Gasteiger partial charge is 0.338 e. The minimum Gasteiger partial charge on any atom is -0.423 e. The number of nitro groups is 1. The number of fused-ring (bicyclic) bond motifs is 1. The number of piperazine rings is 1. The topological polar surface area (TPSA) is 109 Å². The van der Waals surface area contributed by atoms with Crippen molar-refractivity contribution in [3.8, 4) is 0 Å². The van der Waals surface area contributed by atoms with Crippen molar-refractivity contribution >= 4 is 28.3 Å². The van der Waals surface area contributed by atoms with E-state index in [1.165, 1.54) is 30.3 Å². The molecule has 0 saturated carbocycles. The first kappa shape index (κ1) is 20.5. The van der Waals surface area contributed by atoms with Crippen molar-refractivity contribution in [2.75, 3.05) is 44.6 Å². The van der Waals surface area contributed by atoms with Crippen molar-refractivity contribution in [1.82, 2.24) is 9.80 Å². The second kappa shape index (κ2) is 8.97. The molecule has 0 atom stereocenters. The fourth-order valence-electron chi connectivity index (χ4n) is 3.69. The van der Waals surface area contributed by atoms with E-state index in [9.17, 15) is 19.7 Å². The van der Waals surface area contributed by atoms with Crippen molar-refractivity contribution in [1.29, 1.82) is 0 Å². The molecule has 160 valence electrons. The fourth-order valence-corrected chi connectivity index (χ4v) is 3.69. The number of amides is 1. The molecule has 31 heavy (non-hydrogen) atoms. The van der Waals surface area contributed by atoms with Gasteiger partial charge in [-0.25, -0.2) is 4.79 Å². The van der Waals surface area contributed by atoms with Gasteiger partial charge in [0, 0.05) is 68.4 Å². The van der Waals surface area contributed by atoms with E-state index in [0.29, 0.717) is 30.8 Å². The summed E-state index contributed by atoms with van der Waals surface area (Å²) < 4.78 is 5.21. The standard InChI is InChI=1S/C22H22N4O5/c27-21-15-19(18-3-1-2-4-20(18)31-21)23-9-10-24-11-13-25(14-12-24)22(28)16-5-7-17(8-6-16)26(29)30/h1-8,15,23H,9-14H2. The SMILES string of the molecule is O=C(c1ccc([N+](=O)[O-])cc1)N1CCN(CCNc2cc(=O)oc3ccccc23)CC1. The molecule has 0 bridgehead atoms. The van der Waals surface area contributed by atoms with Gasteiger partial charge >= 0.3 is 5.63 Å². The summed E-state index contributed by atoms with van der Waals surface area (Å²) >= 11 is 0. The Morgan fingerprint density at radius 2 is 1.77 bits per heavy atom. The van der Waals surface area contributed by atoms with Gasteiger partial charge in [-0.1, -0.05) is 12.1 Å². The van der Waals surface area contributed by atoms with Gasteiger partial charge < -0.3 is 14.6 Å². The van der Waals surface area contributed by atoms with E-state index >= 15 is 0 Å². The number of para-hydroxylation sites is 1. The van der Waals surface area contributed by atoms with Crippen molar-refractivity contribution in [2.45, 2.75) is 0 Å². The van der Waals surface area contributed by atoms with Crippen LogP contribution in [0.2, 0.25) is 0 Å². The van der Waals surface area contributed by atoms with E-state index in [1.807, 2.05) is 18.2 Å². The zero-order chi connectivity index (χ0) is 21.8. The predicted molar refractivity (Wildman–Crippen MR) is 116 cm³/mol. The minimum absolute atomic E-state index is 0.0298. The van der Waals surface area contributed by atoms with Crippen LogP contribution in [-0.2, 0) is 0 Å². The maximum absolute atomic E-state index is 12.6. The lowest BCUT2D eigenvalue weighted by Crippen LogP contribution is -2.49. The lowest BCUT2D eigenvalue weighted by molar-refractivity contribution is -0.384. The summed E-state index contributed by atoms with van der Waals surface area (Å²) in [6, 6.07) is 14.6. The highest BCUT2D eigenvalue weighted by Crippen LogP contribution is 2.21. The Balaban J connectivity index is 1.28. The first-order valence-electron chi connectivity index (χ1n) is 10.0. The van der Waals surface area contributed by atoms with E-state index in [4.69, 9.17) is 4.42 Å². The van der Waals surface area contributed by atoms with E-state index in [0.717, 1.165) is 30.7 Å². The van der Waals surface area contributed by atoms with Crippen LogP contribution in [0.1, 0.15) is 10.4 Å². The minimum atomic E-state index is -0.480. The molecule has 9 nitrogen and oxygen atoms in total. The Morgan fingerprint density at radius 1 is 1.06 bits per heavy atom. The van der Waals surface area contributed by atoms with E-state index in [-0.39, 0.29) is 17.2 Å². The van der Waals surface area contributed by atoms with Gasteiger partial charge in [0.25, 0.3) is 11.6 Å². The molecule has 1 N–H and O–H groups in total. The van der Waals surface area contributed by atoms with Crippen molar-refractivity contribution < 1.29 is 14.1 Å². The second-order valence-electron chi connectivity index (χ2n) is 7.34. The van der Waals surface area contributed by atoms with Gasteiger partial charge in [-0.2, -0.15) is 0 Å². The van der Waals surface area contributed by atoms with Gasteiger partial charge in [0.2, 0.25) is 0 Å². The molecule has 0 radical (unpaired) electrons. The highest BCUT2D eigenvalue weighted by Gasteiger charge is 2.22. The number of non-ortho nitro benzene ring substituents is 1. The molecule has 4 rings (SSSR count). The largest absolute Gasteiger partial charge is 0.423 e. The second-order valence-corrected chi connectivity index (χ2v) is 7.34. The summed E-state index contributed by atoms with van der Waals surface area (Å²) in [5.41, 5.74) is 1.34. The van der Waals surface area contributed by atoms with Crippen molar-refractivity contribution in [3.63, 3.8) is 0 Å². The number of hydrogen-bond donors (Lipinski definition) is 1. The highest BCUT2D eigenvalue weighted by atomic mass is 16.6. The van der Waals surface area contributed by atoms with Crippen LogP contribution in [0.25, 0.3) is 11.0 Å². The van der Waals surface area contributed by atoms with Crippen molar-refractivity contribution in [2.24, 2.45) is 0 Å². The summed E-state index contributed by atoms with van der Waals surface area (Å²) in [4.78, 5) is 38.7. The lowest BCUT2D eigenvalue weighted by atomic mass is 10.1. The molecule has 0 aliphatic carbocycles. The monoisotopic (exact) mass is 422 g/mol. The number of nitro benzene ring substituents is 1. The molecular weight excluding hydrogens is 400 g/mol. The van der Waals surface area contributed by atoms with Crippen LogP contribution in [0.5, 0.6) is 0 Å². The van der Waals surface area contributed by atoms with Crippen LogP contribution in [0.4, 0.5) is 11.4 Å². The Labute approximate surface area is 178 Å². The fraction of sp³-hybridized carbons (Fsp3) is 0.273. The predicted octanol–water partition coefficient (Wildman–Crippen LogP) is 2.57. The third-order valence-electron chi connectivity index (χ3n) is 5.38. The maximum Gasteiger partial charge on any atom is 0.338 e. The van der Waals surface area contributed by atoms with Crippen LogP contribution >= 0.6 is 0 Å². The number of hydrogen-bond acceptors (Lipinski definition) is 7. The Kier molecular flexibility index (Phi) is 5.94. The van der Waals surface area contributed by atoms with Gasteiger partial charge in [0.1, 0.15) is 5.58 Å². The van der Waals surface area contributed by atoms with Gasteiger partial charge in [-0.3, -0.25) is 19.8 Å². The summed E-state index contributed by atoms with van der Waals surface area (Å²) in [5.74, 6) is -0.116. The number of carbonyl (C=O) groups is 1. The van der Waals surface area contributed by atoms with Crippen LogP contribution in [0.15, 0.2) is 63.8 Å². The summed E-state index contributed by atoms with van der Waals surface area (Å²) in [6.45, 7) is 4.08. The van der Waals surface area contributed by atoms with Gasteiger partial charge in [0.15, 0.2) is 0 Å². The van der Waals surface area contributed by atoms with E-state index < -0.39 is 4.92 Å². The molecule has 3 aromatic rings. The number of nitrogens with one attached hydrogen (secondary N) is 1. The molecule has 1 aromatic heterocycles. The Bertz CT molecular complexity index is 1150. The molecule has 9 heteroatoms. The summed E-state index contributed by atoms with van der Waals surface area (Å²) in [6.07, 6.45) is 0. The molecule has 2 aromatic carbocycles. The molecule has 0 unspecified atom stereocenters. The number of nitrogens with zero attached hydrogens (tertiary/aromatic N) is 3. The van der Waals surface area contributed by atoms with E-state index in [2.05, 4.69) is 10.2 Å². The summed E-state index contributed by atoms with van der Waals surface area (Å²) in [5, 5.41) is 14.9. The number of carbonyl (C=O) groups excluding carboxylic acids is 1. The Morgan fingerprint density at radius 3 is 2.48 bits per heavy atom. The molecular formula is C22H22N4O5. The zero-order valence-corrected chi connectivity index (χ0v) is 16.8. The number of benzene rings is 2. The number of anilines is 1. The summed E-state index contributed by atoms with van der Waals surface area (Å²) in [7, 11) is 0. The molecule has 1 aliphatic rings. The van der Waals surface area contributed by atoms with Crippen LogP contribution in [0.3, 0.4) is 0 Å². The average Bonchev–Trinajstić information content (AvgIpc) is 2.79. The molecule has 1 aliphatic heterocycles. The first-order chi connectivity index (χ1) is 15.0. The molecule has 0 spiro atoms. The van der Waals surface area contributed by atoms with Gasteiger partial charge in [-0.05, 0) is 24.3 Å². The zero-order valence-electron chi connectivity index (χ0n) is 16.8. The van der Waals surface area contributed by atoms with Crippen LogP contribution in [0, 0.1) is 10.1 Å². The van der Waals surface area contributed by atoms with Gasteiger partial charge in [0.05, 0.1) is 10.6 Å². The molecule has 1 saturated heterocycles.